The summed E-state index contributed by atoms with van der Waals surface area (Å²) in [5.74, 6) is 0.822. The zero-order chi connectivity index (χ0) is 23.8. The van der Waals surface area contributed by atoms with Crippen LogP contribution in [0.3, 0.4) is 0 Å². The van der Waals surface area contributed by atoms with Gasteiger partial charge in [0.2, 0.25) is 4.96 Å². The van der Waals surface area contributed by atoms with Gasteiger partial charge in [-0.15, -0.1) is 0 Å². The van der Waals surface area contributed by atoms with Gasteiger partial charge < -0.3 is 4.74 Å². The van der Waals surface area contributed by atoms with Gasteiger partial charge in [-0.05, 0) is 62.7 Å². The second kappa shape index (κ2) is 8.68. The molecular formula is C25H21N5O3S. The highest BCUT2D eigenvalue weighted by Crippen LogP contribution is 2.29. The summed E-state index contributed by atoms with van der Waals surface area (Å²) < 4.78 is 9.06. The van der Waals surface area contributed by atoms with E-state index in [0.717, 1.165) is 45.2 Å². The molecule has 0 aliphatic heterocycles. The van der Waals surface area contributed by atoms with Crippen molar-refractivity contribution in [3.63, 3.8) is 0 Å². The van der Waals surface area contributed by atoms with Crippen molar-refractivity contribution in [3.8, 4) is 22.7 Å². The average Bonchev–Trinajstić information content (AvgIpc) is 3.38. The van der Waals surface area contributed by atoms with E-state index in [4.69, 9.17) is 9.84 Å². The molecule has 0 aliphatic rings. The van der Waals surface area contributed by atoms with E-state index in [1.165, 1.54) is 4.52 Å². The highest BCUT2D eigenvalue weighted by atomic mass is 32.1. The second-order valence-electron chi connectivity index (χ2n) is 7.74. The van der Waals surface area contributed by atoms with Gasteiger partial charge in [-0.2, -0.15) is 19.7 Å². The quantitative estimate of drug-likeness (QED) is 0.391. The molecule has 8 nitrogen and oxygen atoms in total. The lowest BCUT2D eigenvalue weighted by Gasteiger charge is -2.08. The van der Waals surface area contributed by atoms with Crippen LogP contribution in [0.4, 0.5) is 0 Å². The number of rotatable bonds is 5. The molecule has 9 heteroatoms. The Labute approximate surface area is 198 Å². The Morgan fingerprint density at radius 1 is 1.06 bits per heavy atom. The predicted molar refractivity (Wildman–Crippen MR) is 132 cm³/mol. The van der Waals surface area contributed by atoms with Gasteiger partial charge in [0.05, 0.1) is 16.8 Å². The summed E-state index contributed by atoms with van der Waals surface area (Å²) in [6.45, 7) is 6.07. The molecule has 5 rings (SSSR count). The van der Waals surface area contributed by atoms with E-state index in [-0.39, 0.29) is 16.2 Å². The van der Waals surface area contributed by atoms with Crippen LogP contribution in [0.1, 0.15) is 23.7 Å². The Balaban J connectivity index is 1.72. The Bertz CT molecular complexity index is 1690. The molecule has 2 aromatic carbocycles. The van der Waals surface area contributed by atoms with Gasteiger partial charge in [0, 0.05) is 17.3 Å². The zero-order valence-corrected chi connectivity index (χ0v) is 19.7. The lowest BCUT2D eigenvalue weighted by molar-refractivity contribution is 0.338. The van der Waals surface area contributed by atoms with Crippen molar-refractivity contribution in [2.45, 2.75) is 20.8 Å². The van der Waals surface area contributed by atoms with Crippen molar-refractivity contribution in [2.75, 3.05) is 6.61 Å². The summed E-state index contributed by atoms with van der Waals surface area (Å²) in [5.41, 5.74) is 3.70. The van der Waals surface area contributed by atoms with E-state index >= 15 is 0 Å². The van der Waals surface area contributed by atoms with E-state index in [1.54, 1.807) is 17.7 Å². The van der Waals surface area contributed by atoms with Gasteiger partial charge in [0.1, 0.15) is 17.1 Å². The Hall–Kier alpha value is -4.11. The van der Waals surface area contributed by atoms with Crippen LogP contribution in [-0.2, 0) is 0 Å². The molecular weight excluding hydrogens is 450 g/mol. The van der Waals surface area contributed by atoms with E-state index in [1.807, 2.05) is 68.6 Å². The molecule has 0 spiro atoms. The van der Waals surface area contributed by atoms with Crippen molar-refractivity contribution < 1.29 is 4.74 Å². The molecule has 5 aromatic rings. The highest BCUT2D eigenvalue weighted by molar-refractivity contribution is 7.15. The molecule has 0 aliphatic carbocycles. The summed E-state index contributed by atoms with van der Waals surface area (Å²) in [7, 11) is 0. The molecule has 0 atom stereocenters. The third-order valence-electron chi connectivity index (χ3n) is 5.34. The smallest absolute Gasteiger partial charge is 0.295 e. The normalized spacial score (nSPS) is 11.9. The molecule has 34 heavy (non-hydrogen) atoms. The molecule has 170 valence electrons. The molecule has 0 radical (unpaired) electrons. The van der Waals surface area contributed by atoms with Crippen LogP contribution in [0, 0.1) is 13.8 Å². The van der Waals surface area contributed by atoms with Crippen molar-refractivity contribution in [1.82, 2.24) is 24.4 Å². The SMILES string of the molecule is CCOc1ccc(-c2nn(-c3ccccc3)cc2/C=c2/sc3nc(=O)c(C)nn3c2=O)cc1C. The first-order chi connectivity index (χ1) is 16.4. The van der Waals surface area contributed by atoms with Crippen LogP contribution in [0.2, 0.25) is 0 Å². The summed E-state index contributed by atoms with van der Waals surface area (Å²) in [4.78, 5) is 29.1. The molecule has 3 heterocycles. The maximum Gasteiger partial charge on any atom is 0.295 e. The second-order valence-corrected chi connectivity index (χ2v) is 8.75. The highest BCUT2D eigenvalue weighted by Gasteiger charge is 2.14. The van der Waals surface area contributed by atoms with Gasteiger partial charge in [-0.1, -0.05) is 29.5 Å². The summed E-state index contributed by atoms with van der Waals surface area (Å²) in [6, 6.07) is 15.7. The van der Waals surface area contributed by atoms with Crippen LogP contribution in [0.25, 0.3) is 28.0 Å². The fourth-order valence-corrected chi connectivity index (χ4v) is 4.57. The van der Waals surface area contributed by atoms with Crippen LogP contribution < -0.4 is 20.4 Å². The van der Waals surface area contributed by atoms with Crippen LogP contribution in [0.15, 0.2) is 64.3 Å². The molecule has 0 N–H and O–H groups in total. The third-order valence-corrected chi connectivity index (χ3v) is 6.30. The number of nitrogens with zero attached hydrogens (tertiary/aromatic N) is 5. The van der Waals surface area contributed by atoms with Crippen LogP contribution >= 0.6 is 11.3 Å². The van der Waals surface area contributed by atoms with Crippen molar-refractivity contribution in [3.05, 3.63) is 96.8 Å². The molecule has 0 amide bonds. The minimum atomic E-state index is -0.435. The lowest BCUT2D eigenvalue weighted by atomic mass is 10.0. The summed E-state index contributed by atoms with van der Waals surface area (Å²) >= 11 is 1.13. The van der Waals surface area contributed by atoms with Crippen molar-refractivity contribution >= 4 is 22.4 Å². The minimum Gasteiger partial charge on any atom is -0.494 e. The maximum absolute atomic E-state index is 13.0. The largest absolute Gasteiger partial charge is 0.494 e. The minimum absolute atomic E-state index is 0.182. The molecule has 0 unspecified atom stereocenters. The van der Waals surface area contributed by atoms with Crippen molar-refractivity contribution in [1.29, 1.82) is 0 Å². The first-order valence-corrected chi connectivity index (χ1v) is 11.6. The lowest BCUT2D eigenvalue weighted by Crippen LogP contribution is -2.27. The van der Waals surface area contributed by atoms with Crippen LogP contribution in [-0.4, -0.2) is 31.0 Å². The summed E-state index contributed by atoms with van der Waals surface area (Å²) in [6.07, 6.45) is 3.66. The number of hydrogen-bond acceptors (Lipinski definition) is 7. The maximum atomic E-state index is 13.0. The number of benzene rings is 2. The Morgan fingerprint density at radius 2 is 1.85 bits per heavy atom. The topological polar surface area (TPSA) is 91.4 Å². The number of ether oxygens (including phenoxy) is 1. The monoisotopic (exact) mass is 471 g/mol. The standard InChI is InChI=1S/C25H21N5O3S/c1-4-33-20-11-10-17(12-15(20)2)22-18(14-29(28-22)19-8-6-5-7-9-19)13-21-24(32)30-25(34-21)26-23(31)16(3)27-30/h5-14H,4H2,1-3H3/b21-13+. The zero-order valence-electron chi connectivity index (χ0n) is 18.8. The van der Waals surface area contributed by atoms with E-state index in [0.29, 0.717) is 11.1 Å². The van der Waals surface area contributed by atoms with E-state index < -0.39 is 5.56 Å². The Kier molecular flexibility index (Phi) is 5.54. The first kappa shape index (κ1) is 21.7. The molecule has 0 saturated carbocycles. The molecule has 3 aromatic heterocycles. The van der Waals surface area contributed by atoms with Crippen LogP contribution in [0.5, 0.6) is 5.75 Å². The fourth-order valence-electron chi connectivity index (χ4n) is 3.67. The molecule has 0 fully saturated rings. The first-order valence-electron chi connectivity index (χ1n) is 10.8. The molecule has 0 bridgehead atoms. The number of aromatic nitrogens is 5. The fraction of sp³-hybridized carbons (Fsp3) is 0.160. The number of aryl methyl sites for hydroxylation is 2. The number of thiazole rings is 1. The number of hydrogen-bond donors (Lipinski definition) is 0. The molecule has 0 saturated heterocycles. The average molecular weight is 472 g/mol. The number of para-hydroxylation sites is 1. The van der Waals surface area contributed by atoms with Gasteiger partial charge in [-0.3, -0.25) is 9.59 Å². The third kappa shape index (κ3) is 3.90. The van der Waals surface area contributed by atoms with E-state index in [2.05, 4.69) is 10.1 Å². The van der Waals surface area contributed by atoms with Gasteiger partial charge >= 0.3 is 0 Å². The van der Waals surface area contributed by atoms with Gasteiger partial charge in [-0.25, -0.2) is 4.68 Å². The Morgan fingerprint density at radius 3 is 2.59 bits per heavy atom. The van der Waals surface area contributed by atoms with Crippen molar-refractivity contribution in [2.24, 2.45) is 0 Å². The predicted octanol–water partition coefficient (Wildman–Crippen LogP) is 2.93. The summed E-state index contributed by atoms with van der Waals surface area (Å²) in [5, 5.41) is 8.93. The van der Waals surface area contributed by atoms with E-state index in [9.17, 15) is 9.59 Å². The van der Waals surface area contributed by atoms with Gasteiger partial charge in [0.15, 0.2) is 0 Å². The number of fused-ring (bicyclic) bond motifs is 1. The van der Waals surface area contributed by atoms with Gasteiger partial charge in [0.25, 0.3) is 11.1 Å².